The van der Waals surface area contributed by atoms with E-state index in [1.54, 1.807) is 0 Å². The minimum absolute atomic E-state index is 0. The maximum absolute atomic E-state index is 5.67. The minimum atomic E-state index is 0. The Hall–Kier alpha value is 0.250. The van der Waals surface area contributed by atoms with Crippen LogP contribution in [0.4, 0.5) is 0 Å². The van der Waals surface area contributed by atoms with Crippen LogP contribution in [-0.4, -0.2) is 6.04 Å². The molecule has 2 saturated carbocycles. The summed E-state index contributed by atoms with van der Waals surface area (Å²) in [5, 5.41) is 0. The van der Waals surface area contributed by atoms with Crippen molar-refractivity contribution in [2.24, 2.45) is 23.5 Å². The van der Waals surface area contributed by atoms with E-state index in [2.05, 4.69) is 6.92 Å². The van der Waals surface area contributed by atoms with Crippen molar-refractivity contribution in [1.82, 2.24) is 0 Å². The first-order chi connectivity index (χ1) is 3.79. The predicted molar refractivity (Wildman–Crippen MR) is 40.6 cm³/mol. The van der Waals surface area contributed by atoms with Crippen molar-refractivity contribution >= 4 is 12.4 Å². The van der Waals surface area contributed by atoms with Crippen molar-refractivity contribution in [1.29, 1.82) is 0 Å². The van der Waals surface area contributed by atoms with Gasteiger partial charge in [0, 0.05) is 6.04 Å². The molecule has 0 bridgehead atoms. The summed E-state index contributed by atoms with van der Waals surface area (Å²) in [5.41, 5.74) is 5.67. The fourth-order valence-electron chi connectivity index (χ4n) is 1.68. The van der Waals surface area contributed by atoms with Gasteiger partial charge in [-0.05, 0) is 30.6 Å². The topological polar surface area (TPSA) is 26.0 Å². The molecule has 1 nitrogen and oxygen atoms in total. The van der Waals surface area contributed by atoms with Gasteiger partial charge in [-0.15, -0.1) is 12.4 Å². The van der Waals surface area contributed by atoms with Crippen LogP contribution in [0.3, 0.4) is 0 Å². The van der Waals surface area contributed by atoms with E-state index in [9.17, 15) is 0 Å². The van der Waals surface area contributed by atoms with Crippen LogP contribution in [0.15, 0.2) is 0 Å². The zero-order valence-electron chi connectivity index (χ0n) is 5.71. The molecule has 0 spiro atoms. The lowest BCUT2D eigenvalue weighted by molar-refractivity contribution is 0.636. The highest BCUT2D eigenvalue weighted by molar-refractivity contribution is 5.85. The molecule has 0 aromatic heterocycles. The zero-order chi connectivity index (χ0) is 5.72. The van der Waals surface area contributed by atoms with E-state index in [0.29, 0.717) is 6.04 Å². The summed E-state index contributed by atoms with van der Waals surface area (Å²) in [5.74, 6) is 2.98. The van der Waals surface area contributed by atoms with Crippen LogP contribution in [0.2, 0.25) is 0 Å². The average molecular weight is 148 g/mol. The van der Waals surface area contributed by atoms with Gasteiger partial charge in [0.1, 0.15) is 0 Å². The lowest BCUT2D eigenvalue weighted by Crippen LogP contribution is -2.02. The molecule has 54 valence electrons. The Morgan fingerprint density at radius 3 is 1.78 bits per heavy atom. The maximum Gasteiger partial charge on any atom is 0.00738 e. The van der Waals surface area contributed by atoms with Crippen molar-refractivity contribution < 1.29 is 0 Å². The SMILES string of the molecule is C[C@@H]1C[C@H]1[C@@H]1C[C@H]1N.Cl. The van der Waals surface area contributed by atoms with E-state index < -0.39 is 0 Å². The quantitative estimate of drug-likeness (QED) is 0.597. The monoisotopic (exact) mass is 147 g/mol. The number of nitrogens with two attached hydrogens (primary N) is 1. The molecule has 0 saturated heterocycles. The summed E-state index contributed by atoms with van der Waals surface area (Å²) < 4.78 is 0. The van der Waals surface area contributed by atoms with Gasteiger partial charge in [0.15, 0.2) is 0 Å². The first-order valence-electron chi connectivity index (χ1n) is 3.54. The third-order valence-electron chi connectivity index (χ3n) is 2.61. The summed E-state index contributed by atoms with van der Waals surface area (Å²) in [6, 6.07) is 0.588. The summed E-state index contributed by atoms with van der Waals surface area (Å²) in [7, 11) is 0. The Kier molecular flexibility index (Phi) is 1.75. The van der Waals surface area contributed by atoms with Gasteiger partial charge < -0.3 is 5.73 Å². The Bertz CT molecular complexity index is 101. The second kappa shape index (κ2) is 2.14. The standard InChI is InChI=1S/C7H13N.ClH/c1-4-2-5(4)6-3-7(6)8;/h4-7H,2-3,8H2,1H3;1H/t4-,5-,6+,7-;/m1./s1. The van der Waals surface area contributed by atoms with Gasteiger partial charge >= 0.3 is 0 Å². The van der Waals surface area contributed by atoms with Crippen molar-refractivity contribution in [3.63, 3.8) is 0 Å². The van der Waals surface area contributed by atoms with Gasteiger partial charge in [0.25, 0.3) is 0 Å². The van der Waals surface area contributed by atoms with E-state index >= 15 is 0 Å². The normalized spacial score (nSPS) is 54.0. The summed E-state index contributed by atoms with van der Waals surface area (Å²) in [4.78, 5) is 0. The molecule has 2 N–H and O–H groups in total. The highest BCUT2D eigenvalue weighted by Crippen LogP contribution is 2.53. The first kappa shape index (κ1) is 7.36. The number of rotatable bonds is 1. The molecule has 2 heteroatoms. The van der Waals surface area contributed by atoms with Gasteiger partial charge in [-0.2, -0.15) is 0 Å². The van der Waals surface area contributed by atoms with Crippen molar-refractivity contribution in [3.8, 4) is 0 Å². The molecule has 0 amide bonds. The van der Waals surface area contributed by atoms with Gasteiger partial charge in [-0.25, -0.2) is 0 Å². The van der Waals surface area contributed by atoms with E-state index in [1.165, 1.54) is 12.8 Å². The van der Waals surface area contributed by atoms with Gasteiger partial charge in [0.2, 0.25) is 0 Å². The fourth-order valence-corrected chi connectivity index (χ4v) is 1.68. The number of hydrogen-bond donors (Lipinski definition) is 1. The van der Waals surface area contributed by atoms with Crippen molar-refractivity contribution in [3.05, 3.63) is 0 Å². The molecule has 0 radical (unpaired) electrons. The predicted octanol–water partition coefficient (Wildman–Crippen LogP) is 1.41. The van der Waals surface area contributed by atoms with Crippen molar-refractivity contribution in [2.45, 2.75) is 25.8 Å². The molecule has 4 atom stereocenters. The van der Waals surface area contributed by atoms with Crippen LogP contribution in [-0.2, 0) is 0 Å². The van der Waals surface area contributed by atoms with E-state index in [1.807, 2.05) is 0 Å². The Morgan fingerprint density at radius 2 is 1.67 bits per heavy atom. The average Bonchev–Trinajstić information content (AvgIpc) is 2.47. The molecule has 0 heterocycles. The second-order valence-electron chi connectivity index (χ2n) is 3.44. The van der Waals surface area contributed by atoms with Crippen LogP contribution >= 0.6 is 12.4 Å². The van der Waals surface area contributed by atoms with Crippen LogP contribution in [0.1, 0.15) is 19.8 Å². The van der Waals surface area contributed by atoms with Crippen LogP contribution < -0.4 is 5.73 Å². The molecule has 9 heavy (non-hydrogen) atoms. The Balaban J connectivity index is 0.000000405. The summed E-state index contributed by atoms with van der Waals surface area (Å²) >= 11 is 0. The summed E-state index contributed by atoms with van der Waals surface area (Å²) in [6.45, 7) is 2.33. The molecule has 2 aliphatic carbocycles. The summed E-state index contributed by atoms with van der Waals surface area (Å²) in [6.07, 6.45) is 2.77. The van der Waals surface area contributed by atoms with E-state index in [0.717, 1.165) is 17.8 Å². The highest BCUT2D eigenvalue weighted by Gasteiger charge is 2.49. The van der Waals surface area contributed by atoms with Crippen molar-refractivity contribution in [2.75, 3.05) is 0 Å². The highest BCUT2D eigenvalue weighted by atomic mass is 35.5. The first-order valence-corrected chi connectivity index (χ1v) is 3.54. The van der Waals surface area contributed by atoms with Crippen LogP contribution in [0, 0.1) is 17.8 Å². The fraction of sp³-hybridized carbons (Fsp3) is 1.00. The Labute approximate surface area is 62.4 Å². The molecular weight excluding hydrogens is 134 g/mol. The van der Waals surface area contributed by atoms with Gasteiger partial charge in [-0.1, -0.05) is 6.92 Å². The largest absolute Gasteiger partial charge is 0.327 e. The molecule has 0 unspecified atom stereocenters. The lowest BCUT2D eigenvalue weighted by atomic mass is 10.2. The van der Waals surface area contributed by atoms with Crippen LogP contribution in [0.25, 0.3) is 0 Å². The number of hydrogen-bond acceptors (Lipinski definition) is 1. The molecule has 0 aromatic carbocycles. The van der Waals surface area contributed by atoms with Gasteiger partial charge in [0.05, 0.1) is 0 Å². The smallest absolute Gasteiger partial charge is 0.00738 e. The molecule has 0 aromatic rings. The van der Waals surface area contributed by atoms with E-state index in [-0.39, 0.29) is 12.4 Å². The molecule has 2 aliphatic rings. The zero-order valence-corrected chi connectivity index (χ0v) is 6.53. The lowest BCUT2D eigenvalue weighted by Gasteiger charge is -1.87. The van der Waals surface area contributed by atoms with Crippen LogP contribution in [0.5, 0.6) is 0 Å². The maximum atomic E-state index is 5.67. The van der Waals surface area contributed by atoms with Gasteiger partial charge in [-0.3, -0.25) is 0 Å². The molecule has 0 aliphatic heterocycles. The second-order valence-corrected chi connectivity index (χ2v) is 3.44. The van der Waals surface area contributed by atoms with E-state index in [4.69, 9.17) is 5.73 Å². The minimum Gasteiger partial charge on any atom is -0.327 e. The Morgan fingerprint density at radius 1 is 1.22 bits per heavy atom. The third kappa shape index (κ3) is 1.22. The molecule has 2 rings (SSSR count). The molecular formula is C7H14ClN. The number of halogens is 1. The third-order valence-corrected chi connectivity index (χ3v) is 2.61. The molecule has 2 fully saturated rings.